The molecule has 1 fully saturated rings. The number of rotatable bonds is 8. The van der Waals surface area contributed by atoms with E-state index in [1.807, 2.05) is 18.2 Å². The van der Waals surface area contributed by atoms with Crippen molar-refractivity contribution in [3.05, 3.63) is 23.8 Å². The van der Waals surface area contributed by atoms with Gasteiger partial charge in [-0.1, -0.05) is 13.0 Å². The molecule has 6 heteroatoms. The third kappa shape index (κ3) is 6.41. The highest BCUT2D eigenvalue weighted by molar-refractivity contribution is 5.74. The van der Waals surface area contributed by atoms with E-state index < -0.39 is 0 Å². The van der Waals surface area contributed by atoms with Crippen LogP contribution in [0, 0.1) is 5.92 Å². The van der Waals surface area contributed by atoms with Gasteiger partial charge in [0, 0.05) is 25.7 Å². The summed E-state index contributed by atoms with van der Waals surface area (Å²) in [6.07, 6.45) is 3.31. The summed E-state index contributed by atoms with van der Waals surface area (Å²) in [7, 11) is 3.24. The van der Waals surface area contributed by atoms with Crippen molar-refractivity contribution < 1.29 is 14.3 Å². The second kappa shape index (κ2) is 10.3. The summed E-state index contributed by atoms with van der Waals surface area (Å²) in [4.78, 5) is 14.5. The van der Waals surface area contributed by atoms with Gasteiger partial charge in [0.25, 0.3) is 0 Å². The number of carbonyl (C=O) groups excluding carboxylic acids is 1. The number of nitrogens with zero attached hydrogens (tertiary/aromatic N) is 1. The van der Waals surface area contributed by atoms with Crippen molar-refractivity contribution in [1.29, 1.82) is 0 Å². The average molecular weight is 364 g/mol. The number of carbonyl (C=O) groups is 1. The predicted octanol–water partition coefficient (Wildman–Crippen LogP) is 2.67. The topological polar surface area (TPSA) is 62.8 Å². The minimum Gasteiger partial charge on any atom is -0.493 e. The maximum Gasteiger partial charge on any atom is 0.315 e. The highest BCUT2D eigenvalue weighted by Crippen LogP contribution is 2.27. The van der Waals surface area contributed by atoms with Crippen LogP contribution in [-0.2, 0) is 6.42 Å². The van der Waals surface area contributed by atoms with Gasteiger partial charge in [-0.05, 0) is 56.3 Å². The van der Waals surface area contributed by atoms with Crippen LogP contribution in [0.1, 0.15) is 32.3 Å². The molecule has 146 valence electrons. The van der Waals surface area contributed by atoms with Crippen molar-refractivity contribution in [3.63, 3.8) is 0 Å². The molecule has 2 atom stereocenters. The second-order valence-electron chi connectivity index (χ2n) is 7.25. The first-order valence-corrected chi connectivity index (χ1v) is 9.49. The van der Waals surface area contributed by atoms with Crippen molar-refractivity contribution in [2.24, 2.45) is 5.92 Å². The minimum atomic E-state index is -0.108. The summed E-state index contributed by atoms with van der Waals surface area (Å²) in [5.41, 5.74) is 1.10. The molecule has 0 bridgehead atoms. The van der Waals surface area contributed by atoms with Gasteiger partial charge < -0.3 is 25.0 Å². The Labute approximate surface area is 157 Å². The van der Waals surface area contributed by atoms with Gasteiger partial charge in [-0.15, -0.1) is 0 Å². The zero-order chi connectivity index (χ0) is 18.9. The Morgan fingerprint density at radius 1 is 1.31 bits per heavy atom. The van der Waals surface area contributed by atoms with E-state index in [0.717, 1.165) is 37.5 Å². The number of ether oxygens (including phenoxy) is 2. The standard InChI is InChI=1S/C20H33N3O3/c1-15-6-5-11-23(13-15)14-16(2)22-20(24)21-10-9-17-7-8-18(25-3)19(12-17)26-4/h7-8,12,15-16H,5-6,9-11,13-14H2,1-4H3,(H2,21,22,24). The largest absolute Gasteiger partial charge is 0.493 e. The zero-order valence-corrected chi connectivity index (χ0v) is 16.5. The first-order chi connectivity index (χ1) is 12.5. The highest BCUT2D eigenvalue weighted by atomic mass is 16.5. The predicted molar refractivity (Wildman–Crippen MR) is 104 cm³/mol. The molecule has 1 aromatic carbocycles. The van der Waals surface area contributed by atoms with Crippen LogP contribution in [-0.4, -0.2) is 57.4 Å². The van der Waals surface area contributed by atoms with Gasteiger partial charge in [0.2, 0.25) is 0 Å². The fourth-order valence-electron chi connectivity index (χ4n) is 3.52. The first-order valence-electron chi connectivity index (χ1n) is 9.49. The monoisotopic (exact) mass is 363 g/mol. The molecule has 1 aliphatic rings. The van der Waals surface area contributed by atoms with Crippen LogP contribution in [0.2, 0.25) is 0 Å². The molecule has 1 heterocycles. The SMILES string of the molecule is COc1ccc(CCNC(=O)NC(C)CN2CCCC(C)C2)cc1OC. The Balaban J connectivity index is 1.69. The third-order valence-corrected chi connectivity index (χ3v) is 4.80. The van der Waals surface area contributed by atoms with E-state index in [4.69, 9.17) is 9.47 Å². The Hall–Kier alpha value is -1.95. The lowest BCUT2D eigenvalue weighted by molar-refractivity contribution is 0.169. The molecule has 0 aromatic heterocycles. The van der Waals surface area contributed by atoms with Crippen LogP contribution in [0.25, 0.3) is 0 Å². The minimum absolute atomic E-state index is 0.108. The van der Waals surface area contributed by atoms with E-state index >= 15 is 0 Å². The Bertz CT molecular complexity index is 579. The molecule has 2 rings (SSSR count). The molecule has 0 aliphatic carbocycles. The number of hydrogen-bond donors (Lipinski definition) is 2. The molecule has 0 radical (unpaired) electrons. The second-order valence-corrected chi connectivity index (χ2v) is 7.25. The molecular weight excluding hydrogens is 330 g/mol. The van der Waals surface area contributed by atoms with E-state index in [1.54, 1.807) is 14.2 Å². The quantitative estimate of drug-likeness (QED) is 0.745. The van der Waals surface area contributed by atoms with Crippen molar-refractivity contribution in [3.8, 4) is 11.5 Å². The van der Waals surface area contributed by atoms with Crippen molar-refractivity contribution in [2.75, 3.05) is 40.4 Å². The Morgan fingerprint density at radius 2 is 2.08 bits per heavy atom. The van der Waals surface area contributed by atoms with E-state index in [9.17, 15) is 4.79 Å². The van der Waals surface area contributed by atoms with Crippen LogP contribution in [0.3, 0.4) is 0 Å². The molecular formula is C20H33N3O3. The highest BCUT2D eigenvalue weighted by Gasteiger charge is 2.18. The van der Waals surface area contributed by atoms with Gasteiger partial charge in [-0.2, -0.15) is 0 Å². The number of likely N-dealkylation sites (tertiary alicyclic amines) is 1. The fourth-order valence-corrected chi connectivity index (χ4v) is 3.52. The number of benzene rings is 1. The van der Waals surface area contributed by atoms with E-state index in [1.165, 1.54) is 12.8 Å². The third-order valence-electron chi connectivity index (χ3n) is 4.80. The lowest BCUT2D eigenvalue weighted by Gasteiger charge is -2.32. The molecule has 2 unspecified atom stereocenters. The number of urea groups is 1. The van der Waals surface area contributed by atoms with Crippen molar-refractivity contribution in [2.45, 2.75) is 39.2 Å². The van der Waals surface area contributed by atoms with Gasteiger partial charge in [0.1, 0.15) is 0 Å². The van der Waals surface area contributed by atoms with Crippen molar-refractivity contribution in [1.82, 2.24) is 15.5 Å². The summed E-state index contributed by atoms with van der Waals surface area (Å²) in [6, 6.07) is 5.85. The van der Waals surface area contributed by atoms with E-state index in [-0.39, 0.29) is 12.1 Å². The normalized spacial score (nSPS) is 18.8. The molecule has 1 saturated heterocycles. The van der Waals surface area contributed by atoms with Gasteiger partial charge in [-0.3, -0.25) is 0 Å². The van der Waals surface area contributed by atoms with E-state index in [0.29, 0.717) is 18.0 Å². The Morgan fingerprint density at radius 3 is 2.77 bits per heavy atom. The smallest absolute Gasteiger partial charge is 0.315 e. The number of hydrogen-bond acceptors (Lipinski definition) is 4. The maximum absolute atomic E-state index is 12.1. The van der Waals surface area contributed by atoms with Crippen LogP contribution in [0.4, 0.5) is 4.79 Å². The van der Waals surface area contributed by atoms with Crippen LogP contribution in [0.5, 0.6) is 11.5 Å². The summed E-state index contributed by atoms with van der Waals surface area (Å²) in [5, 5.41) is 5.97. The summed E-state index contributed by atoms with van der Waals surface area (Å²) in [5.74, 6) is 2.17. The van der Waals surface area contributed by atoms with E-state index in [2.05, 4.69) is 29.4 Å². The molecule has 2 N–H and O–H groups in total. The van der Waals surface area contributed by atoms with Crippen LogP contribution >= 0.6 is 0 Å². The lowest BCUT2D eigenvalue weighted by Crippen LogP contribution is -2.48. The maximum atomic E-state index is 12.1. The average Bonchev–Trinajstić information content (AvgIpc) is 2.61. The zero-order valence-electron chi connectivity index (χ0n) is 16.5. The number of amides is 2. The first kappa shape index (κ1) is 20.4. The summed E-state index contributed by atoms with van der Waals surface area (Å²) < 4.78 is 10.5. The van der Waals surface area contributed by atoms with Gasteiger partial charge in [-0.25, -0.2) is 4.79 Å². The number of piperidine rings is 1. The number of methoxy groups -OCH3 is 2. The molecule has 0 saturated carbocycles. The van der Waals surface area contributed by atoms with Gasteiger partial charge in [0.05, 0.1) is 14.2 Å². The number of nitrogens with one attached hydrogen (secondary N) is 2. The molecule has 6 nitrogen and oxygen atoms in total. The molecule has 26 heavy (non-hydrogen) atoms. The van der Waals surface area contributed by atoms with Crippen LogP contribution < -0.4 is 20.1 Å². The summed E-state index contributed by atoms with van der Waals surface area (Å²) >= 11 is 0. The fraction of sp³-hybridized carbons (Fsp3) is 0.650. The van der Waals surface area contributed by atoms with Gasteiger partial charge >= 0.3 is 6.03 Å². The van der Waals surface area contributed by atoms with Crippen LogP contribution in [0.15, 0.2) is 18.2 Å². The molecule has 0 spiro atoms. The van der Waals surface area contributed by atoms with Crippen molar-refractivity contribution >= 4 is 6.03 Å². The molecule has 2 amide bonds. The molecule has 1 aromatic rings. The van der Waals surface area contributed by atoms with Gasteiger partial charge in [0.15, 0.2) is 11.5 Å². The lowest BCUT2D eigenvalue weighted by atomic mass is 10.00. The summed E-state index contributed by atoms with van der Waals surface area (Å²) in [6.45, 7) is 8.12. The Kier molecular flexibility index (Phi) is 8.04. The molecule has 1 aliphatic heterocycles.